The van der Waals surface area contributed by atoms with Crippen LogP contribution in [0.15, 0.2) is 16.8 Å². The monoisotopic (exact) mass is 281 g/mol. The van der Waals surface area contributed by atoms with E-state index in [0.717, 1.165) is 19.5 Å². The lowest BCUT2D eigenvalue weighted by molar-refractivity contribution is 0.122. The molecule has 1 aromatic heterocycles. The second-order valence-electron chi connectivity index (χ2n) is 5.78. The second kappa shape index (κ2) is 6.84. The van der Waals surface area contributed by atoms with Gasteiger partial charge in [-0.25, -0.2) is 0 Å². The van der Waals surface area contributed by atoms with Gasteiger partial charge in [-0.3, -0.25) is 4.90 Å². The molecule has 0 amide bonds. The molecule has 0 aromatic carbocycles. The van der Waals surface area contributed by atoms with Gasteiger partial charge in [-0.1, -0.05) is 6.92 Å². The molecule has 2 N–H and O–H groups in total. The zero-order valence-corrected chi connectivity index (χ0v) is 13.2. The Morgan fingerprint density at radius 3 is 2.89 bits per heavy atom. The van der Waals surface area contributed by atoms with Gasteiger partial charge >= 0.3 is 0 Å². The van der Waals surface area contributed by atoms with E-state index in [1.54, 1.807) is 11.3 Å². The van der Waals surface area contributed by atoms with E-state index >= 15 is 0 Å². The van der Waals surface area contributed by atoms with Crippen LogP contribution in [-0.4, -0.2) is 48.6 Å². The van der Waals surface area contributed by atoms with Crippen molar-refractivity contribution in [3.05, 3.63) is 22.4 Å². The number of rotatable bonds is 4. The van der Waals surface area contributed by atoms with Crippen LogP contribution in [0, 0.1) is 0 Å². The molecule has 108 valence electrons. The lowest BCUT2D eigenvalue weighted by atomic mass is 9.97. The molecule has 1 aliphatic rings. The van der Waals surface area contributed by atoms with Crippen molar-refractivity contribution in [3.8, 4) is 0 Å². The van der Waals surface area contributed by atoms with E-state index in [4.69, 9.17) is 5.73 Å². The maximum Gasteiger partial charge on any atom is 0.0510 e. The van der Waals surface area contributed by atoms with Crippen molar-refractivity contribution < 1.29 is 0 Å². The number of nitrogens with two attached hydrogens (primary N) is 1. The normalized spacial score (nSPS) is 26.0. The smallest absolute Gasteiger partial charge is 0.0510 e. The van der Waals surface area contributed by atoms with Gasteiger partial charge in [-0.15, -0.1) is 0 Å². The first-order chi connectivity index (χ1) is 9.13. The van der Waals surface area contributed by atoms with Gasteiger partial charge < -0.3 is 10.6 Å². The van der Waals surface area contributed by atoms with Crippen LogP contribution in [0.2, 0.25) is 0 Å². The van der Waals surface area contributed by atoms with Crippen LogP contribution in [-0.2, 0) is 0 Å². The summed E-state index contributed by atoms with van der Waals surface area (Å²) in [5.41, 5.74) is 7.84. The van der Waals surface area contributed by atoms with Crippen LogP contribution in [0.3, 0.4) is 0 Å². The standard InChI is InChI=1S/C15H27N3S/c1-4-14(16)15(13-6-9-19-11-13)18-8-5-7-17(3)10-12(18)2/h6,9,11-12,14-15H,4-5,7-8,10,16H2,1-3H3. The fraction of sp³-hybridized carbons (Fsp3) is 0.733. The van der Waals surface area contributed by atoms with E-state index in [0.29, 0.717) is 12.1 Å². The van der Waals surface area contributed by atoms with Crippen LogP contribution in [0.4, 0.5) is 0 Å². The molecule has 1 fully saturated rings. The average molecular weight is 281 g/mol. The molecule has 0 saturated carbocycles. The Morgan fingerprint density at radius 2 is 2.26 bits per heavy atom. The molecule has 1 aromatic rings. The SMILES string of the molecule is CCC(N)C(c1ccsc1)N1CCCN(C)CC1C. The van der Waals surface area contributed by atoms with E-state index in [9.17, 15) is 0 Å². The third-order valence-corrected chi connectivity index (χ3v) is 4.92. The van der Waals surface area contributed by atoms with E-state index in [-0.39, 0.29) is 6.04 Å². The van der Waals surface area contributed by atoms with E-state index in [1.807, 2.05) is 0 Å². The number of hydrogen-bond donors (Lipinski definition) is 1. The van der Waals surface area contributed by atoms with Crippen LogP contribution >= 0.6 is 11.3 Å². The quantitative estimate of drug-likeness (QED) is 0.920. The van der Waals surface area contributed by atoms with Crippen LogP contribution in [0.1, 0.15) is 38.3 Å². The first-order valence-corrected chi connectivity index (χ1v) is 8.29. The van der Waals surface area contributed by atoms with E-state index < -0.39 is 0 Å². The minimum atomic E-state index is 0.223. The second-order valence-corrected chi connectivity index (χ2v) is 6.56. The van der Waals surface area contributed by atoms with Gasteiger partial charge in [0.15, 0.2) is 0 Å². The van der Waals surface area contributed by atoms with Gasteiger partial charge in [0.2, 0.25) is 0 Å². The maximum atomic E-state index is 6.44. The molecule has 0 aliphatic carbocycles. The number of hydrogen-bond acceptors (Lipinski definition) is 4. The third-order valence-electron chi connectivity index (χ3n) is 4.22. The van der Waals surface area contributed by atoms with Crippen LogP contribution in [0.5, 0.6) is 0 Å². The van der Waals surface area contributed by atoms with Crippen molar-refractivity contribution in [2.75, 3.05) is 26.7 Å². The topological polar surface area (TPSA) is 32.5 Å². The molecule has 2 heterocycles. The number of nitrogens with zero attached hydrogens (tertiary/aromatic N) is 2. The van der Waals surface area contributed by atoms with E-state index in [1.165, 1.54) is 18.5 Å². The van der Waals surface area contributed by atoms with Crippen LogP contribution < -0.4 is 5.73 Å². The van der Waals surface area contributed by atoms with Gasteiger partial charge in [0.25, 0.3) is 0 Å². The van der Waals surface area contributed by atoms with Crippen molar-refractivity contribution in [1.82, 2.24) is 9.80 Å². The van der Waals surface area contributed by atoms with E-state index in [2.05, 4.69) is 47.5 Å². The highest BCUT2D eigenvalue weighted by molar-refractivity contribution is 7.07. The van der Waals surface area contributed by atoms with Gasteiger partial charge in [0.1, 0.15) is 0 Å². The van der Waals surface area contributed by atoms with Crippen molar-refractivity contribution in [2.24, 2.45) is 5.73 Å². The summed E-state index contributed by atoms with van der Waals surface area (Å²) >= 11 is 1.77. The van der Waals surface area contributed by atoms with Gasteiger partial charge in [0.05, 0.1) is 6.04 Å². The molecule has 0 radical (unpaired) electrons. The minimum absolute atomic E-state index is 0.223. The Kier molecular flexibility index (Phi) is 5.39. The van der Waals surface area contributed by atoms with Gasteiger partial charge in [-0.2, -0.15) is 11.3 Å². The highest BCUT2D eigenvalue weighted by Gasteiger charge is 2.31. The minimum Gasteiger partial charge on any atom is -0.326 e. The van der Waals surface area contributed by atoms with Crippen molar-refractivity contribution in [3.63, 3.8) is 0 Å². The first kappa shape index (κ1) is 15.0. The molecule has 3 atom stereocenters. The summed E-state index contributed by atoms with van der Waals surface area (Å²) in [5, 5.41) is 4.43. The maximum absolute atomic E-state index is 6.44. The Morgan fingerprint density at radius 1 is 1.47 bits per heavy atom. The molecule has 1 aliphatic heterocycles. The summed E-state index contributed by atoms with van der Waals surface area (Å²) in [6.07, 6.45) is 2.26. The third kappa shape index (κ3) is 3.57. The Labute approximate surface area is 121 Å². The summed E-state index contributed by atoms with van der Waals surface area (Å²) < 4.78 is 0. The summed E-state index contributed by atoms with van der Waals surface area (Å²) in [7, 11) is 2.22. The molecule has 19 heavy (non-hydrogen) atoms. The summed E-state index contributed by atoms with van der Waals surface area (Å²) in [4.78, 5) is 5.06. The molecule has 0 spiro atoms. The largest absolute Gasteiger partial charge is 0.326 e. The Hall–Kier alpha value is -0.420. The molecule has 1 saturated heterocycles. The summed E-state index contributed by atoms with van der Waals surface area (Å²) in [6, 6.07) is 3.40. The highest BCUT2D eigenvalue weighted by Crippen LogP contribution is 2.30. The fourth-order valence-electron chi connectivity index (χ4n) is 3.16. The zero-order chi connectivity index (χ0) is 13.8. The Bertz CT molecular complexity index is 365. The lowest BCUT2D eigenvalue weighted by Crippen LogP contribution is -2.46. The molecule has 3 nitrogen and oxygen atoms in total. The van der Waals surface area contributed by atoms with Gasteiger partial charge in [-0.05, 0) is 55.7 Å². The molecule has 2 rings (SSSR count). The van der Waals surface area contributed by atoms with Crippen LogP contribution in [0.25, 0.3) is 0 Å². The fourth-order valence-corrected chi connectivity index (χ4v) is 3.84. The zero-order valence-electron chi connectivity index (χ0n) is 12.4. The highest BCUT2D eigenvalue weighted by atomic mass is 32.1. The van der Waals surface area contributed by atoms with Crippen molar-refractivity contribution in [2.45, 2.75) is 44.8 Å². The molecule has 3 unspecified atom stereocenters. The summed E-state index contributed by atoms with van der Waals surface area (Å²) in [5.74, 6) is 0. The number of likely N-dealkylation sites (N-methyl/N-ethyl adjacent to an activating group) is 1. The molecular formula is C15H27N3S. The number of thiophene rings is 1. The van der Waals surface area contributed by atoms with Gasteiger partial charge in [0, 0.05) is 25.2 Å². The van der Waals surface area contributed by atoms with Crippen molar-refractivity contribution >= 4 is 11.3 Å². The molecule has 0 bridgehead atoms. The Balaban J connectivity index is 2.22. The predicted octanol–water partition coefficient (Wildman–Crippen LogP) is 2.55. The first-order valence-electron chi connectivity index (χ1n) is 7.35. The molecule has 4 heteroatoms. The van der Waals surface area contributed by atoms with Crippen molar-refractivity contribution in [1.29, 1.82) is 0 Å². The predicted molar refractivity (Wildman–Crippen MR) is 83.6 cm³/mol. The molecular weight excluding hydrogens is 254 g/mol. The lowest BCUT2D eigenvalue weighted by Gasteiger charge is -2.38. The average Bonchev–Trinajstić information content (AvgIpc) is 2.84. The summed E-state index contributed by atoms with van der Waals surface area (Å²) in [6.45, 7) is 8.01.